The van der Waals surface area contributed by atoms with Gasteiger partial charge in [0, 0.05) is 31.9 Å². The van der Waals surface area contributed by atoms with Gasteiger partial charge in [-0.25, -0.2) is 4.39 Å². The van der Waals surface area contributed by atoms with Gasteiger partial charge in [0.1, 0.15) is 5.82 Å². The lowest BCUT2D eigenvalue weighted by atomic mass is 10.0. The summed E-state index contributed by atoms with van der Waals surface area (Å²) in [6, 6.07) is 27.3. The van der Waals surface area contributed by atoms with Gasteiger partial charge in [0.15, 0.2) is 0 Å². The lowest BCUT2D eigenvalue weighted by Crippen LogP contribution is -2.49. The maximum absolute atomic E-state index is 13.1. The normalized spacial score (nSPS) is 14.2. The number of carbonyl (C=O) groups is 1. The van der Waals surface area contributed by atoms with Gasteiger partial charge in [-0.1, -0.05) is 60.7 Å². The monoisotopic (exact) mass is 420 g/mol. The van der Waals surface area contributed by atoms with Crippen molar-refractivity contribution in [1.29, 1.82) is 0 Å². The number of hydrogen-bond donors (Lipinski definition) is 0. The van der Waals surface area contributed by atoms with E-state index in [1.165, 1.54) is 23.3 Å². The summed E-state index contributed by atoms with van der Waals surface area (Å²) < 4.78 is 13.1. The van der Waals surface area contributed by atoms with Crippen molar-refractivity contribution in [2.45, 2.75) is 5.25 Å². The van der Waals surface area contributed by atoms with E-state index >= 15 is 0 Å². The molecule has 0 spiro atoms. The second kappa shape index (κ2) is 9.81. The van der Waals surface area contributed by atoms with E-state index in [9.17, 15) is 9.18 Å². The third-order valence-corrected chi connectivity index (χ3v) is 6.69. The lowest BCUT2D eigenvalue weighted by molar-refractivity contribution is -0.128. The number of thioether (sulfide) groups is 1. The molecule has 0 atom stereocenters. The van der Waals surface area contributed by atoms with E-state index in [-0.39, 0.29) is 17.0 Å². The van der Waals surface area contributed by atoms with Crippen molar-refractivity contribution in [1.82, 2.24) is 4.90 Å². The van der Waals surface area contributed by atoms with Crippen LogP contribution in [0.2, 0.25) is 0 Å². The summed E-state index contributed by atoms with van der Waals surface area (Å²) in [6.45, 7) is 2.92. The number of benzene rings is 3. The number of amides is 1. The number of hydrogen-bond acceptors (Lipinski definition) is 3. The number of nitrogens with zero attached hydrogens (tertiary/aromatic N) is 2. The molecule has 0 unspecified atom stereocenters. The second-order valence-corrected chi connectivity index (χ2v) is 8.45. The quantitative estimate of drug-likeness (QED) is 0.561. The molecule has 3 aromatic rings. The SMILES string of the molecule is O=C(CSC(c1ccccc1)c1ccccc1)N1CCN(c2ccc(F)cc2)CC1. The molecule has 0 aliphatic carbocycles. The average Bonchev–Trinajstić information content (AvgIpc) is 2.81. The molecule has 0 bridgehead atoms. The van der Waals surface area contributed by atoms with Gasteiger partial charge >= 0.3 is 0 Å². The first-order chi connectivity index (χ1) is 14.7. The molecule has 1 aliphatic rings. The van der Waals surface area contributed by atoms with Crippen LogP contribution in [0.25, 0.3) is 0 Å². The molecule has 0 radical (unpaired) electrons. The van der Waals surface area contributed by atoms with Crippen LogP contribution in [-0.2, 0) is 4.79 Å². The largest absolute Gasteiger partial charge is 0.368 e. The maximum Gasteiger partial charge on any atom is 0.232 e. The molecule has 154 valence electrons. The van der Waals surface area contributed by atoms with Crippen molar-refractivity contribution >= 4 is 23.4 Å². The van der Waals surface area contributed by atoms with Crippen LogP contribution in [0.5, 0.6) is 0 Å². The Morgan fingerprint density at radius 2 is 1.33 bits per heavy atom. The summed E-state index contributed by atoms with van der Waals surface area (Å²) in [5, 5.41) is 0.136. The van der Waals surface area contributed by atoms with E-state index in [1.54, 1.807) is 23.9 Å². The first-order valence-electron chi connectivity index (χ1n) is 10.2. The van der Waals surface area contributed by atoms with Crippen molar-refractivity contribution < 1.29 is 9.18 Å². The van der Waals surface area contributed by atoms with Gasteiger partial charge in [0.05, 0.1) is 11.0 Å². The van der Waals surface area contributed by atoms with Gasteiger partial charge < -0.3 is 9.80 Å². The summed E-state index contributed by atoms with van der Waals surface area (Å²) in [5.41, 5.74) is 3.43. The average molecular weight is 421 g/mol. The Bertz CT molecular complexity index is 902. The van der Waals surface area contributed by atoms with Crippen LogP contribution in [-0.4, -0.2) is 42.7 Å². The number of carbonyl (C=O) groups excluding carboxylic acids is 1. The highest BCUT2D eigenvalue weighted by Gasteiger charge is 2.23. The Morgan fingerprint density at radius 1 is 0.800 bits per heavy atom. The van der Waals surface area contributed by atoms with Crippen molar-refractivity contribution in [2.75, 3.05) is 36.8 Å². The number of anilines is 1. The van der Waals surface area contributed by atoms with Gasteiger partial charge in [-0.05, 0) is 35.4 Å². The third-order valence-electron chi connectivity index (χ3n) is 5.40. The standard InChI is InChI=1S/C25H25FN2OS/c26-22-11-13-23(14-12-22)27-15-17-28(18-16-27)24(29)19-30-25(20-7-3-1-4-8-20)21-9-5-2-6-10-21/h1-14,25H,15-19H2. The van der Waals surface area contributed by atoms with Gasteiger partial charge in [-0.3, -0.25) is 4.79 Å². The summed E-state index contributed by atoms with van der Waals surface area (Å²) >= 11 is 1.68. The molecule has 0 saturated carbocycles. The predicted molar refractivity (Wildman–Crippen MR) is 122 cm³/mol. The molecule has 3 nitrogen and oxygen atoms in total. The van der Waals surface area contributed by atoms with Crippen LogP contribution in [0, 0.1) is 5.82 Å². The van der Waals surface area contributed by atoms with E-state index in [0.29, 0.717) is 18.8 Å². The molecule has 30 heavy (non-hydrogen) atoms. The van der Waals surface area contributed by atoms with Gasteiger partial charge in [-0.2, -0.15) is 0 Å². The zero-order chi connectivity index (χ0) is 20.8. The predicted octanol–water partition coefficient (Wildman–Crippen LogP) is 5.00. The van der Waals surface area contributed by atoms with Crippen molar-refractivity contribution in [2.24, 2.45) is 0 Å². The smallest absolute Gasteiger partial charge is 0.232 e. The first kappa shape index (κ1) is 20.5. The number of halogens is 1. The minimum Gasteiger partial charge on any atom is -0.368 e. The van der Waals surface area contributed by atoms with E-state index in [2.05, 4.69) is 29.2 Å². The number of piperazine rings is 1. The molecule has 4 rings (SSSR count). The summed E-state index contributed by atoms with van der Waals surface area (Å²) in [4.78, 5) is 17.0. The van der Waals surface area contributed by atoms with Crippen LogP contribution in [0.15, 0.2) is 84.9 Å². The third kappa shape index (κ3) is 5.03. The molecule has 1 amide bonds. The molecule has 1 fully saturated rings. The summed E-state index contributed by atoms with van der Waals surface area (Å²) in [6.07, 6.45) is 0. The fraction of sp³-hybridized carbons (Fsp3) is 0.240. The minimum absolute atomic E-state index is 0.136. The van der Waals surface area contributed by atoms with Crippen LogP contribution in [0.3, 0.4) is 0 Å². The molecular formula is C25H25FN2OS. The fourth-order valence-electron chi connectivity index (χ4n) is 3.75. The van der Waals surface area contributed by atoms with E-state index in [1.807, 2.05) is 41.3 Å². The molecule has 3 aromatic carbocycles. The Labute approximate surface area is 181 Å². The topological polar surface area (TPSA) is 23.6 Å². The maximum atomic E-state index is 13.1. The van der Waals surface area contributed by atoms with Crippen molar-refractivity contribution in [3.8, 4) is 0 Å². The zero-order valence-corrected chi connectivity index (χ0v) is 17.6. The Morgan fingerprint density at radius 3 is 1.87 bits per heavy atom. The summed E-state index contributed by atoms with van der Waals surface area (Å²) in [7, 11) is 0. The number of rotatable bonds is 6. The van der Waals surface area contributed by atoms with Crippen molar-refractivity contribution in [3.05, 3.63) is 102 Å². The highest BCUT2D eigenvalue weighted by molar-refractivity contribution is 8.00. The van der Waals surface area contributed by atoms with E-state index < -0.39 is 0 Å². The van der Waals surface area contributed by atoms with Gasteiger partial charge in [0.25, 0.3) is 0 Å². The fourth-order valence-corrected chi connectivity index (χ4v) is 4.94. The highest BCUT2D eigenvalue weighted by atomic mass is 32.2. The Hall–Kier alpha value is -2.79. The first-order valence-corrected chi connectivity index (χ1v) is 11.3. The molecule has 5 heteroatoms. The molecule has 0 N–H and O–H groups in total. The van der Waals surface area contributed by atoms with Crippen LogP contribution >= 0.6 is 11.8 Å². The Kier molecular flexibility index (Phi) is 6.70. The molecule has 0 aromatic heterocycles. The molecular weight excluding hydrogens is 395 g/mol. The lowest BCUT2D eigenvalue weighted by Gasteiger charge is -2.36. The van der Waals surface area contributed by atoms with E-state index in [0.717, 1.165) is 18.8 Å². The van der Waals surface area contributed by atoms with E-state index in [4.69, 9.17) is 0 Å². The molecule has 1 heterocycles. The second-order valence-electron chi connectivity index (χ2n) is 7.36. The molecule has 1 aliphatic heterocycles. The van der Waals surface area contributed by atoms with Gasteiger partial charge in [0.2, 0.25) is 5.91 Å². The zero-order valence-electron chi connectivity index (χ0n) is 16.8. The summed E-state index contributed by atoms with van der Waals surface area (Å²) in [5.74, 6) is 0.400. The molecule has 1 saturated heterocycles. The minimum atomic E-state index is -0.226. The van der Waals surface area contributed by atoms with Gasteiger partial charge in [-0.15, -0.1) is 11.8 Å². The highest BCUT2D eigenvalue weighted by Crippen LogP contribution is 2.35. The van der Waals surface area contributed by atoms with Crippen LogP contribution in [0.4, 0.5) is 10.1 Å². The van der Waals surface area contributed by atoms with Crippen LogP contribution in [0.1, 0.15) is 16.4 Å². The van der Waals surface area contributed by atoms with Crippen molar-refractivity contribution in [3.63, 3.8) is 0 Å². The van der Waals surface area contributed by atoms with Crippen LogP contribution < -0.4 is 4.90 Å². The Balaban J connectivity index is 1.36.